The van der Waals surface area contributed by atoms with Gasteiger partial charge in [0.25, 0.3) is 5.79 Å². The fourth-order valence-corrected chi connectivity index (χ4v) is 0.746. The first-order valence-corrected chi connectivity index (χ1v) is 3.29. The summed E-state index contributed by atoms with van der Waals surface area (Å²) >= 11 is 4.89. The van der Waals surface area contributed by atoms with Crippen LogP contribution in [0.25, 0.3) is 0 Å². The summed E-state index contributed by atoms with van der Waals surface area (Å²) in [6.45, 7) is 4.03. The van der Waals surface area contributed by atoms with Gasteiger partial charge in [-0.25, -0.2) is 4.79 Å². The Balaban J connectivity index is 3.99. The number of ether oxygens (including phenoxy) is 2. The van der Waals surface area contributed by atoms with Crippen molar-refractivity contribution in [2.24, 2.45) is 0 Å². The third-order valence-corrected chi connectivity index (χ3v) is 0.793. The van der Waals surface area contributed by atoms with Crippen molar-refractivity contribution in [3.63, 3.8) is 0 Å². The van der Waals surface area contributed by atoms with Crippen molar-refractivity contribution in [3.05, 3.63) is 0 Å². The fourth-order valence-electron chi connectivity index (χ4n) is 0.560. The molecule has 0 amide bonds. The van der Waals surface area contributed by atoms with Gasteiger partial charge in [0, 0.05) is 32.4 Å². The molecule has 0 spiro atoms. The molecule has 0 heterocycles. The van der Waals surface area contributed by atoms with Crippen molar-refractivity contribution in [1.82, 2.24) is 0 Å². The number of hydrogen-bond donors (Lipinski definition) is 0. The van der Waals surface area contributed by atoms with E-state index in [-0.39, 0.29) is 0 Å². The lowest BCUT2D eigenvalue weighted by atomic mass is 10.4. The second kappa shape index (κ2) is 3.57. The zero-order chi connectivity index (χ0) is 9.07. The zero-order valence-corrected chi connectivity index (χ0v) is 7.27. The number of carbonyl (C=O) groups is 2. The van der Waals surface area contributed by atoms with Gasteiger partial charge in [0.15, 0.2) is 0 Å². The molecule has 0 rings (SSSR count). The number of carbonyl (C=O) groups excluding carboxylic acids is 2. The molecule has 0 aromatic rings. The van der Waals surface area contributed by atoms with E-state index in [1.807, 2.05) is 0 Å². The number of esters is 1. The summed E-state index contributed by atoms with van der Waals surface area (Å²) in [5, 5.41) is 0. The largest absolute Gasteiger partial charge is 0.423 e. The predicted molar refractivity (Wildman–Crippen MR) is 38.2 cm³/mol. The van der Waals surface area contributed by atoms with Gasteiger partial charge < -0.3 is 9.47 Å². The van der Waals surface area contributed by atoms with Crippen LogP contribution in [0.3, 0.4) is 0 Å². The molecule has 0 saturated carbocycles. The Hall–Kier alpha value is -0.770. The molecule has 0 aromatic carbocycles. The normalized spacial score (nSPS) is 10.5. The lowest BCUT2D eigenvalue weighted by molar-refractivity contribution is -0.189. The highest BCUT2D eigenvalue weighted by Gasteiger charge is 2.24. The van der Waals surface area contributed by atoms with Gasteiger partial charge in [-0.2, -0.15) is 0 Å². The molecular weight excluding hydrogens is 172 g/mol. The first-order chi connectivity index (χ1) is 4.83. The summed E-state index contributed by atoms with van der Waals surface area (Å²) in [4.78, 5) is 20.6. The van der Waals surface area contributed by atoms with Crippen LogP contribution in [0.5, 0.6) is 0 Å². The van der Waals surface area contributed by atoms with E-state index in [9.17, 15) is 9.59 Å². The van der Waals surface area contributed by atoms with Crippen LogP contribution in [0.4, 0.5) is 4.79 Å². The van der Waals surface area contributed by atoms with Gasteiger partial charge >= 0.3 is 11.4 Å². The summed E-state index contributed by atoms with van der Waals surface area (Å²) in [5.74, 6) is -1.82. The highest BCUT2D eigenvalue weighted by molar-refractivity contribution is 6.61. The summed E-state index contributed by atoms with van der Waals surface area (Å²) in [7, 11) is 0. The minimum absolute atomic E-state index is 0.534. The summed E-state index contributed by atoms with van der Waals surface area (Å²) in [5.41, 5.74) is -1.00. The standard InChI is InChI=1S/C6H9ClO4/c1-4(8)10-6(2,3)11-5(7)9/h1-3H3. The minimum atomic E-state index is -1.29. The molecule has 0 fully saturated rings. The van der Waals surface area contributed by atoms with E-state index in [4.69, 9.17) is 11.6 Å². The first-order valence-electron chi connectivity index (χ1n) is 2.91. The third-order valence-electron chi connectivity index (χ3n) is 0.716. The average Bonchev–Trinajstić information content (AvgIpc) is 1.53. The van der Waals surface area contributed by atoms with Crippen molar-refractivity contribution < 1.29 is 19.1 Å². The molecule has 0 aliphatic heterocycles. The molecule has 0 aliphatic rings. The monoisotopic (exact) mass is 180 g/mol. The van der Waals surface area contributed by atoms with Crippen molar-refractivity contribution in [3.8, 4) is 0 Å². The second-order valence-electron chi connectivity index (χ2n) is 2.33. The topological polar surface area (TPSA) is 52.6 Å². The Morgan fingerprint density at radius 1 is 1.27 bits per heavy atom. The summed E-state index contributed by atoms with van der Waals surface area (Å²) < 4.78 is 9.01. The minimum Gasteiger partial charge on any atom is -0.423 e. The Morgan fingerprint density at radius 3 is 2.00 bits per heavy atom. The maximum atomic E-state index is 10.4. The Labute approximate surface area is 69.4 Å². The fraction of sp³-hybridized carbons (Fsp3) is 0.667. The number of hydrogen-bond acceptors (Lipinski definition) is 4. The molecular formula is C6H9ClO4. The zero-order valence-electron chi connectivity index (χ0n) is 6.51. The lowest BCUT2D eigenvalue weighted by Crippen LogP contribution is -2.31. The lowest BCUT2D eigenvalue weighted by Gasteiger charge is -2.22. The van der Waals surface area contributed by atoms with Crippen molar-refractivity contribution in [2.75, 3.05) is 0 Å². The molecule has 5 heteroatoms. The molecule has 0 bridgehead atoms. The smallest absolute Gasteiger partial charge is 0.407 e. The van der Waals surface area contributed by atoms with Gasteiger partial charge in [0.1, 0.15) is 0 Å². The van der Waals surface area contributed by atoms with E-state index >= 15 is 0 Å². The van der Waals surface area contributed by atoms with Crippen LogP contribution in [0, 0.1) is 0 Å². The molecule has 0 aliphatic carbocycles. The number of halogens is 1. The van der Waals surface area contributed by atoms with E-state index in [0.29, 0.717) is 0 Å². The molecule has 0 atom stereocenters. The first kappa shape index (κ1) is 10.2. The van der Waals surface area contributed by atoms with Gasteiger partial charge in [-0.15, -0.1) is 0 Å². The maximum Gasteiger partial charge on any atom is 0.407 e. The van der Waals surface area contributed by atoms with Crippen LogP contribution < -0.4 is 0 Å². The molecule has 4 nitrogen and oxygen atoms in total. The van der Waals surface area contributed by atoms with E-state index in [0.717, 1.165) is 0 Å². The molecule has 0 radical (unpaired) electrons. The maximum absolute atomic E-state index is 10.4. The molecule has 11 heavy (non-hydrogen) atoms. The van der Waals surface area contributed by atoms with Crippen LogP contribution >= 0.6 is 11.6 Å². The molecule has 0 N–H and O–H groups in total. The van der Waals surface area contributed by atoms with Crippen molar-refractivity contribution in [2.45, 2.75) is 26.6 Å². The highest BCUT2D eigenvalue weighted by atomic mass is 35.5. The molecule has 0 aromatic heterocycles. The molecule has 0 unspecified atom stereocenters. The summed E-state index contributed by atoms with van der Waals surface area (Å²) in [6, 6.07) is 0. The van der Waals surface area contributed by atoms with Crippen LogP contribution in [0.2, 0.25) is 0 Å². The molecule has 0 saturated heterocycles. The van der Waals surface area contributed by atoms with E-state index < -0.39 is 17.2 Å². The highest BCUT2D eigenvalue weighted by Crippen LogP contribution is 2.12. The number of rotatable bonds is 2. The van der Waals surface area contributed by atoms with Crippen LogP contribution in [-0.2, 0) is 14.3 Å². The van der Waals surface area contributed by atoms with Crippen molar-refractivity contribution in [1.29, 1.82) is 0 Å². The van der Waals surface area contributed by atoms with E-state index in [1.54, 1.807) is 0 Å². The van der Waals surface area contributed by atoms with Gasteiger partial charge in [-0.3, -0.25) is 4.79 Å². The SMILES string of the molecule is CC(=O)OC(C)(C)OC(=O)Cl. The average molecular weight is 181 g/mol. The van der Waals surface area contributed by atoms with Crippen LogP contribution in [0.1, 0.15) is 20.8 Å². The van der Waals surface area contributed by atoms with Gasteiger partial charge in [0.2, 0.25) is 0 Å². The van der Waals surface area contributed by atoms with Crippen LogP contribution in [-0.4, -0.2) is 17.2 Å². The van der Waals surface area contributed by atoms with Crippen LogP contribution in [0.15, 0.2) is 0 Å². The Kier molecular flexibility index (Phi) is 3.32. The quantitative estimate of drug-likeness (QED) is 0.369. The van der Waals surface area contributed by atoms with Gasteiger partial charge in [0.05, 0.1) is 0 Å². The van der Waals surface area contributed by atoms with E-state index in [2.05, 4.69) is 9.47 Å². The third kappa shape index (κ3) is 5.66. The molecule has 64 valence electrons. The summed E-state index contributed by atoms with van der Waals surface area (Å²) in [6.07, 6.45) is 0. The van der Waals surface area contributed by atoms with Gasteiger partial charge in [-0.1, -0.05) is 0 Å². The Morgan fingerprint density at radius 2 is 1.73 bits per heavy atom. The predicted octanol–water partition coefficient (Wildman–Crippen LogP) is 1.66. The Bertz CT molecular complexity index is 157. The van der Waals surface area contributed by atoms with Crippen molar-refractivity contribution >= 4 is 23.0 Å². The van der Waals surface area contributed by atoms with E-state index in [1.165, 1.54) is 20.8 Å². The van der Waals surface area contributed by atoms with Gasteiger partial charge in [-0.05, 0) is 0 Å². The second-order valence-corrected chi connectivity index (χ2v) is 2.64.